The molecule has 22 heavy (non-hydrogen) atoms. The van der Waals surface area contributed by atoms with Crippen LogP contribution in [0.4, 0.5) is 0 Å². The Balaban J connectivity index is 1.69. The molecule has 0 spiro atoms. The lowest BCUT2D eigenvalue weighted by molar-refractivity contribution is 0.0951. The molecule has 0 aliphatic carbocycles. The fourth-order valence-electron chi connectivity index (χ4n) is 2.18. The van der Waals surface area contributed by atoms with Gasteiger partial charge >= 0.3 is 0 Å². The van der Waals surface area contributed by atoms with Gasteiger partial charge in [0.25, 0.3) is 5.91 Å². The molecule has 0 aliphatic rings. The SMILES string of the molecule is COc1ccc(CNC(=O)c2ccn3c(C)nnc3c2)cc1. The van der Waals surface area contributed by atoms with Crippen LogP contribution in [0.25, 0.3) is 5.65 Å². The zero-order valence-electron chi connectivity index (χ0n) is 12.4. The summed E-state index contributed by atoms with van der Waals surface area (Å²) >= 11 is 0. The van der Waals surface area contributed by atoms with Gasteiger partial charge in [-0.05, 0) is 36.8 Å². The van der Waals surface area contributed by atoms with E-state index in [0.29, 0.717) is 17.8 Å². The summed E-state index contributed by atoms with van der Waals surface area (Å²) < 4.78 is 6.94. The van der Waals surface area contributed by atoms with Gasteiger partial charge in [0.1, 0.15) is 11.6 Å². The van der Waals surface area contributed by atoms with Crippen molar-refractivity contribution in [3.63, 3.8) is 0 Å². The van der Waals surface area contributed by atoms with E-state index in [1.807, 2.05) is 35.6 Å². The maximum Gasteiger partial charge on any atom is 0.251 e. The standard InChI is InChI=1S/C16H16N4O2/c1-11-18-19-15-9-13(7-8-20(11)15)16(21)17-10-12-3-5-14(22-2)6-4-12/h3-9H,10H2,1-2H3,(H,17,21). The molecule has 1 N–H and O–H groups in total. The van der Waals surface area contributed by atoms with E-state index in [4.69, 9.17) is 4.74 Å². The summed E-state index contributed by atoms with van der Waals surface area (Å²) in [6.07, 6.45) is 1.80. The van der Waals surface area contributed by atoms with Gasteiger partial charge in [-0.2, -0.15) is 0 Å². The first kappa shape index (κ1) is 14.1. The molecule has 1 amide bonds. The van der Waals surface area contributed by atoms with Crippen LogP contribution in [-0.2, 0) is 6.54 Å². The number of amides is 1. The van der Waals surface area contributed by atoms with Crippen LogP contribution >= 0.6 is 0 Å². The lowest BCUT2D eigenvalue weighted by Crippen LogP contribution is -2.22. The molecule has 0 unspecified atom stereocenters. The van der Waals surface area contributed by atoms with E-state index in [9.17, 15) is 4.79 Å². The van der Waals surface area contributed by atoms with Gasteiger partial charge in [-0.25, -0.2) is 0 Å². The van der Waals surface area contributed by atoms with Crippen LogP contribution in [0.3, 0.4) is 0 Å². The Morgan fingerprint density at radius 2 is 2.00 bits per heavy atom. The molecule has 6 heteroatoms. The summed E-state index contributed by atoms with van der Waals surface area (Å²) in [6.45, 7) is 2.32. The number of fused-ring (bicyclic) bond motifs is 1. The van der Waals surface area contributed by atoms with Gasteiger partial charge < -0.3 is 10.1 Å². The predicted molar refractivity (Wildman–Crippen MR) is 81.9 cm³/mol. The van der Waals surface area contributed by atoms with E-state index < -0.39 is 0 Å². The maximum absolute atomic E-state index is 12.2. The van der Waals surface area contributed by atoms with Crippen molar-refractivity contribution in [1.82, 2.24) is 19.9 Å². The quantitative estimate of drug-likeness (QED) is 0.799. The highest BCUT2D eigenvalue weighted by Gasteiger charge is 2.08. The third kappa shape index (κ3) is 2.76. The molecule has 0 fully saturated rings. The molecule has 6 nitrogen and oxygen atoms in total. The summed E-state index contributed by atoms with van der Waals surface area (Å²) in [6, 6.07) is 11.1. The van der Waals surface area contributed by atoms with E-state index in [-0.39, 0.29) is 5.91 Å². The van der Waals surface area contributed by atoms with Gasteiger partial charge in [0.15, 0.2) is 5.65 Å². The normalized spacial score (nSPS) is 10.6. The fraction of sp³-hybridized carbons (Fsp3) is 0.188. The first-order chi connectivity index (χ1) is 10.7. The predicted octanol–water partition coefficient (Wildman–Crippen LogP) is 1.98. The van der Waals surface area contributed by atoms with Crippen LogP contribution in [-0.4, -0.2) is 27.6 Å². The lowest BCUT2D eigenvalue weighted by atomic mass is 10.2. The summed E-state index contributed by atoms with van der Waals surface area (Å²) in [5, 5.41) is 10.9. The summed E-state index contributed by atoms with van der Waals surface area (Å²) in [4.78, 5) is 12.2. The van der Waals surface area contributed by atoms with Crippen molar-refractivity contribution in [2.45, 2.75) is 13.5 Å². The first-order valence-electron chi connectivity index (χ1n) is 6.90. The van der Waals surface area contributed by atoms with Gasteiger partial charge in [0.2, 0.25) is 0 Å². The van der Waals surface area contributed by atoms with E-state index in [1.54, 1.807) is 25.4 Å². The number of hydrogen-bond acceptors (Lipinski definition) is 4. The number of nitrogens with one attached hydrogen (secondary N) is 1. The number of methoxy groups -OCH3 is 1. The largest absolute Gasteiger partial charge is 0.497 e. The Morgan fingerprint density at radius 3 is 2.73 bits per heavy atom. The summed E-state index contributed by atoms with van der Waals surface area (Å²) in [5.41, 5.74) is 2.23. The number of ether oxygens (including phenoxy) is 1. The number of hydrogen-bond donors (Lipinski definition) is 1. The minimum absolute atomic E-state index is 0.140. The van der Waals surface area contributed by atoms with Gasteiger partial charge in [-0.1, -0.05) is 12.1 Å². The number of carbonyl (C=O) groups is 1. The second-order valence-corrected chi connectivity index (χ2v) is 4.92. The van der Waals surface area contributed by atoms with Gasteiger partial charge in [-0.3, -0.25) is 9.20 Å². The molecule has 3 aromatic rings. The Morgan fingerprint density at radius 1 is 1.23 bits per heavy atom. The van der Waals surface area contributed by atoms with Crippen molar-refractivity contribution in [2.75, 3.05) is 7.11 Å². The molecule has 0 aliphatic heterocycles. The molecule has 1 aromatic carbocycles. The van der Waals surface area contributed by atoms with Crippen molar-refractivity contribution in [2.24, 2.45) is 0 Å². The Bertz CT molecular complexity index is 809. The Labute approximate surface area is 127 Å². The van der Waals surface area contributed by atoms with Gasteiger partial charge in [0.05, 0.1) is 7.11 Å². The van der Waals surface area contributed by atoms with E-state index >= 15 is 0 Å². The highest BCUT2D eigenvalue weighted by Crippen LogP contribution is 2.11. The average Bonchev–Trinajstić information content (AvgIpc) is 2.93. The molecule has 0 bridgehead atoms. The molecular formula is C16H16N4O2. The van der Waals surface area contributed by atoms with Gasteiger partial charge in [0, 0.05) is 18.3 Å². The second-order valence-electron chi connectivity index (χ2n) is 4.92. The molecule has 0 saturated heterocycles. The van der Waals surface area contributed by atoms with Crippen LogP contribution in [0.15, 0.2) is 42.6 Å². The maximum atomic E-state index is 12.2. The van der Waals surface area contributed by atoms with E-state index in [2.05, 4.69) is 15.5 Å². The third-order valence-electron chi connectivity index (χ3n) is 3.45. The smallest absolute Gasteiger partial charge is 0.251 e. The number of benzene rings is 1. The highest BCUT2D eigenvalue weighted by molar-refractivity contribution is 5.94. The molecule has 2 aromatic heterocycles. The lowest BCUT2D eigenvalue weighted by Gasteiger charge is -2.07. The summed E-state index contributed by atoms with van der Waals surface area (Å²) in [7, 11) is 1.62. The van der Waals surface area contributed by atoms with Gasteiger partial charge in [-0.15, -0.1) is 10.2 Å². The monoisotopic (exact) mass is 296 g/mol. The van der Waals surface area contributed by atoms with E-state index in [0.717, 1.165) is 17.1 Å². The third-order valence-corrected chi connectivity index (χ3v) is 3.45. The number of aromatic nitrogens is 3. The molecular weight excluding hydrogens is 280 g/mol. The van der Waals surface area contributed by atoms with Crippen molar-refractivity contribution < 1.29 is 9.53 Å². The summed E-state index contributed by atoms with van der Waals surface area (Å²) in [5.74, 6) is 1.45. The molecule has 112 valence electrons. The highest BCUT2D eigenvalue weighted by atomic mass is 16.5. The topological polar surface area (TPSA) is 68.5 Å². The Hall–Kier alpha value is -2.89. The van der Waals surface area contributed by atoms with Crippen LogP contribution in [0, 0.1) is 6.92 Å². The molecule has 3 rings (SSSR count). The Kier molecular flexibility index (Phi) is 3.74. The van der Waals surface area contributed by atoms with Crippen LogP contribution in [0.1, 0.15) is 21.7 Å². The number of nitrogens with zero attached hydrogens (tertiary/aromatic N) is 3. The minimum Gasteiger partial charge on any atom is -0.497 e. The zero-order chi connectivity index (χ0) is 15.5. The zero-order valence-corrected chi connectivity index (χ0v) is 12.4. The minimum atomic E-state index is -0.140. The van der Waals surface area contributed by atoms with Crippen molar-refractivity contribution >= 4 is 11.6 Å². The number of aryl methyl sites for hydroxylation is 1. The molecule has 0 atom stereocenters. The molecule has 0 radical (unpaired) electrons. The van der Waals surface area contributed by atoms with Crippen LogP contribution in [0.2, 0.25) is 0 Å². The van der Waals surface area contributed by atoms with Crippen LogP contribution in [0.5, 0.6) is 5.75 Å². The number of pyridine rings is 1. The number of carbonyl (C=O) groups excluding carboxylic acids is 1. The van der Waals surface area contributed by atoms with E-state index in [1.165, 1.54) is 0 Å². The average molecular weight is 296 g/mol. The molecule has 2 heterocycles. The molecule has 0 saturated carbocycles. The van der Waals surface area contributed by atoms with Crippen molar-refractivity contribution in [1.29, 1.82) is 0 Å². The van der Waals surface area contributed by atoms with Crippen molar-refractivity contribution in [3.8, 4) is 5.75 Å². The first-order valence-corrected chi connectivity index (χ1v) is 6.90. The van der Waals surface area contributed by atoms with Crippen molar-refractivity contribution in [3.05, 3.63) is 59.5 Å². The number of rotatable bonds is 4. The van der Waals surface area contributed by atoms with Crippen LogP contribution < -0.4 is 10.1 Å². The second kappa shape index (κ2) is 5.85. The fourth-order valence-corrected chi connectivity index (χ4v) is 2.18.